The summed E-state index contributed by atoms with van der Waals surface area (Å²) in [5, 5.41) is 0.541. The number of halogens is 3. The van der Waals surface area contributed by atoms with Crippen molar-refractivity contribution in [2.75, 3.05) is 6.16 Å². The van der Waals surface area contributed by atoms with Gasteiger partial charge in [-0.25, -0.2) is 0 Å². The molecule has 2 heterocycles. The van der Waals surface area contributed by atoms with Crippen LogP contribution in [0.25, 0.3) is 10.9 Å². The topological polar surface area (TPSA) is 13.1 Å². The molecule has 0 amide bonds. The molecule has 0 fully saturated rings. The normalized spacial score (nSPS) is 26.4. The number of rotatable bonds is 1. The van der Waals surface area contributed by atoms with Crippen molar-refractivity contribution in [3.05, 3.63) is 36.5 Å². The molecule has 0 saturated carbocycles. The van der Waals surface area contributed by atoms with Crippen molar-refractivity contribution >= 4 is 18.2 Å². The second kappa shape index (κ2) is 2.41. The van der Waals surface area contributed by atoms with Crippen molar-refractivity contribution in [1.82, 2.24) is 0 Å². The van der Waals surface area contributed by atoms with Gasteiger partial charge in [-0.2, -0.15) is 0 Å². The van der Waals surface area contributed by atoms with Crippen molar-refractivity contribution in [2.24, 2.45) is 0 Å². The van der Waals surface area contributed by atoms with Gasteiger partial charge in [0.1, 0.15) is 0 Å². The Balaban J connectivity index is 2.54. The molecule has 0 bridgehead atoms. The molecule has 1 aromatic heterocycles. The molecule has 0 aliphatic carbocycles. The third-order valence-electron chi connectivity index (χ3n) is 3.18. The molecule has 2 nitrogen and oxygen atoms in total. The standard InChI is InChI=1S/C11H11F3NOP/c1-2-17(12,13,14)15-8-4-6-9-5-3-7-10(16-17)11(9)15/h3-8H,2H2,1H3. The summed E-state index contributed by atoms with van der Waals surface area (Å²) >= 11 is 0. The fourth-order valence-corrected chi connectivity index (χ4v) is 4.32. The zero-order valence-corrected chi connectivity index (χ0v) is 10.0. The van der Waals surface area contributed by atoms with Crippen molar-refractivity contribution in [2.45, 2.75) is 6.92 Å². The molecular weight excluding hydrogens is 250 g/mol. The first-order chi connectivity index (χ1) is 7.79. The molecule has 17 heavy (non-hydrogen) atoms. The first-order valence-corrected chi connectivity index (χ1v) is 7.71. The van der Waals surface area contributed by atoms with Crippen LogP contribution in [0.5, 0.6) is 5.75 Å². The molecule has 6 heteroatoms. The molecule has 2 aromatic rings. The summed E-state index contributed by atoms with van der Waals surface area (Å²) in [5.41, 5.74) is 0.125. The fourth-order valence-electron chi connectivity index (χ4n) is 2.16. The third kappa shape index (κ3) is 1.18. The predicted octanol–water partition coefficient (Wildman–Crippen LogP) is 3.96. The second-order valence-corrected chi connectivity index (χ2v) is 8.21. The van der Waals surface area contributed by atoms with Crippen molar-refractivity contribution in [3.63, 3.8) is 0 Å². The number of para-hydroxylation sites is 1. The molecule has 1 aliphatic rings. The summed E-state index contributed by atoms with van der Waals surface area (Å²) in [6.45, 7) is 1.10. The van der Waals surface area contributed by atoms with E-state index in [1.807, 2.05) is 0 Å². The average molecular weight is 261 g/mol. The Labute approximate surface area is 95.6 Å². The first-order valence-electron chi connectivity index (χ1n) is 5.30. The number of benzene rings is 1. The molecule has 0 radical (unpaired) electrons. The van der Waals surface area contributed by atoms with Crippen LogP contribution in [0.1, 0.15) is 6.92 Å². The van der Waals surface area contributed by atoms with Gasteiger partial charge in [-0.1, -0.05) is 0 Å². The van der Waals surface area contributed by atoms with Gasteiger partial charge in [-0.05, 0) is 0 Å². The zero-order valence-electron chi connectivity index (χ0n) is 9.11. The average Bonchev–Trinajstić information content (AvgIpc) is 2.49. The van der Waals surface area contributed by atoms with Gasteiger partial charge < -0.3 is 0 Å². The van der Waals surface area contributed by atoms with Gasteiger partial charge in [0.05, 0.1) is 0 Å². The van der Waals surface area contributed by atoms with Gasteiger partial charge in [-0.15, -0.1) is 0 Å². The Kier molecular flexibility index (Phi) is 1.53. The molecule has 3 rings (SSSR count). The second-order valence-electron chi connectivity index (χ2n) is 4.29. The van der Waals surface area contributed by atoms with Crippen molar-refractivity contribution < 1.29 is 21.5 Å². The summed E-state index contributed by atoms with van der Waals surface area (Å²) in [6.07, 6.45) is 0.0846. The van der Waals surface area contributed by atoms with Crippen molar-refractivity contribution in [3.8, 4) is 5.75 Å². The van der Waals surface area contributed by atoms with Gasteiger partial charge in [0.15, 0.2) is 0 Å². The number of pyridine rings is 1. The van der Waals surface area contributed by atoms with Gasteiger partial charge >= 0.3 is 95.0 Å². The van der Waals surface area contributed by atoms with Crippen LogP contribution in [0, 0.1) is 0 Å². The molecule has 0 spiro atoms. The monoisotopic (exact) mass is 261 g/mol. The summed E-state index contributed by atoms with van der Waals surface area (Å²) < 4.78 is 48.5. The van der Waals surface area contributed by atoms with Crippen LogP contribution in [0.2, 0.25) is 0 Å². The number of nitrogens with zero attached hydrogens (tertiary/aromatic N) is 1. The third-order valence-corrected chi connectivity index (χ3v) is 6.36. The molecule has 0 N–H and O–H groups in total. The van der Waals surface area contributed by atoms with E-state index in [9.17, 15) is 12.6 Å². The van der Waals surface area contributed by atoms with Crippen molar-refractivity contribution in [1.29, 1.82) is 0 Å². The maximum absolute atomic E-state index is 14.5. The Morgan fingerprint density at radius 3 is 2.59 bits per heavy atom. The zero-order chi connectivity index (χ0) is 12.4. The molecular formula is C11H11F3NOP. The predicted molar refractivity (Wildman–Crippen MR) is 61.0 cm³/mol. The van der Waals surface area contributed by atoms with Crippen LogP contribution in [0.15, 0.2) is 36.5 Å². The summed E-state index contributed by atoms with van der Waals surface area (Å²) in [6, 6.07) is 7.65. The Hall–Kier alpha value is -1.35. The SMILES string of the molecule is CC[P-]1(F)(F)(F)Oc2cccc3ccc[n+]1c23. The maximum atomic E-state index is 14.5. The molecule has 0 unspecified atom stereocenters. The first kappa shape index (κ1) is 10.8. The summed E-state index contributed by atoms with van der Waals surface area (Å²) in [7, 11) is -7.41. The van der Waals surface area contributed by atoms with E-state index >= 15 is 0 Å². The minimum absolute atomic E-state index is 0.0898. The summed E-state index contributed by atoms with van der Waals surface area (Å²) in [5.74, 6) is -0.0898. The Morgan fingerprint density at radius 1 is 1.18 bits per heavy atom. The van der Waals surface area contributed by atoms with E-state index in [1.54, 1.807) is 18.2 Å². The summed E-state index contributed by atoms with van der Waals surface area (Å²) in [4.78, 5) is 0. The number of aromatic nitrogens is 1. The Morgan fingerprint density at radius 2 is 1.88 bits per heavy atom. The van der Waals surface area contributed by atoms with E-state index in [1.165, 1.54) is 12.1 Å². The van der Waals surface area contributed by atoms with Gasteiger partial charge in [0.2, 0.25) is 0 Å². The molecule has 0 atom stereocenters. The van der Waals surface area contributed by atoms with Gasteiger partial charge in [0.25, 0.3) is 0 Å². The number of hydrogen-bond donors (Lipinski definition) is 0. The van der Waals surface area contributed by atoms with Crippen LogP contribution in [-0.4, -0.2) is 6.16 Å². The van der Waals surface area contributed by atoms with Crippen LogP contribution < -0.4 is 8.86 Å². The van der Waals surface area contributed by atoms with Crippen LogP contribution in [-0.2, 0) is 0 Å². The molecule has 0 saturated heterocycles. The number of hydrogen-bond acceptors (Lipinski definition) is 1. The van der Waals surface area contributed by atoms with E-state index in [4.69, 9.17) is 0 Å². The van der Waals surface area contributed by atoms with E-state index in [-0.39, 0.29) is 11.3 Å². The van der Waals surface area contributed by atoms with Crippen LogP contribution >= 0.6 is 7.25 Å². The molecule has 1 aromatic carbocycles. The molecule has 1 aliphatic heterocycles. The van der Waals surface area contributed by atoms with Gasteiger partial charge in [0, 0.05) is 0 Å². The quantitative estimate of drug-likeness (QED) is 0.708. The minimum atomic E-state index is -7.41. The molecule has 92 valence electrons. The van der Waals surface area contributed by atoms with Gasteiger partial charge in [-0.3, -0.25) is 0 Å². The van der Waals surface area contributed by atoms with Crippen LogP contribution in [0.3, 0.4) is 0 Å². The van der Waals surface area contributed by atoms with E-state index in [2.05, 4.69) is 4.52 Å². The van der Waals surface area contributed by atoms with Crippen LogP contribution in [0.4, 0.5) is 12.6 Å². The van der Waals surface area contributed by atoms with E-state index in [0.29, 0.717) is 9.72 Å². The van der Waals surface area contributed by atoms with E-state index < -0.39 is 13.4 Å². The fraction of sp³-hybridized carbons (Fsp3) is 0.182. The van der Waals surface area contributed by atoms with E-state index in [0.717, 1.165) is 13.1 Å². The Bertz CT molecular complexity index is 657.